The van der Waals surface area contributed by atoms with Gasteiger partial charge in [-0.2, -0.15) is 26.3 Å². The molecule has 1 unspecified atom stereocenters. The van der Waals surface area contributed by atoms with Gasteiger partial charge in [-0.15, -0.1) is 0 Å². The largest absolute Gasteiger partial charge is 0.490 e. The number of carboxylic acid groups (broad SMARTS) is 2. The number of rotatable bonds is 6. The summed E-state index contributed by atoms with van der Waals surface area (Å²) >= 11 is 0. The van der Waals surface area contributed by atoms with Crippen LogP contribution in [0.15, 0.2) is 23.0 Å². The highest BCUT2D eigenvalue weighted by molar-refractivity contribution is 5.73. The van der Waals surface area contributed by atoms with Crippen molar-refractivity contribution < 1.29 is 60.0 Å². The Hall–Kier alpha value is -2.36. The van der Waals surface area contributed by atoms with Gasteiger partial charge >= 0.3 is 24.3 Å². The molecule has 0 radical (unpaired) electrons. The van der Waals surface area contributed by atoms with Gasteiger partial charge in [0.2, 0.25) is 0 Å². The van der Waals surface area contributed by atoms with Gasteiger partial charge < -0.3 is 29.0 Å². The molecular formula is C25H36F6N2O7. The Labute approximate surface area is 228 Å². The minimum Gasteiger partial charge on any atom is -0.475 e. The maximum Gasteiger partial charge on any atom is 0.490 e. The van der Waals surface area contributed by atoms with Crippen LogP contribution in [0.25, 0.3) is 0 Å². The molecule has 0 bridgehead atoms. The van der Waals surface area contributed by atoms with E-state index in [9.17, 15) is 26.3 Å². The topological polar surface area (TPSA) is 113 Å². The van der Waals surface area contributed by atoms with Crippen molar-refractivity contribution in [2.24, 2.45) is 17.3 Å². The van der Waals surface area contributed by atoms with Crippen LogP contribution < -0.4 is 0 Å². The van der Waals surface area contributed by atoms with Crippen LogP contribution in [0.1, 0.15) is 31.2 Å². The van der Waals surface area contributed by atoms with Crippen molar-refractivity contribution >= 4 is 11.9 Å². The predicted octanol–water partition coefficient (Wildman–Crippen LogP) is 4.13. The molecule has 3 aliphatic rings. The van der Waals surface area contributed by atoms with E-state index >= 15 is 0 Å². The lowest BCUT2D eigenvalue weighted by Gasteiger charge is -2.42. The number of methoxy groups -OCH3 is 1. The number of furan rings is 1. The molecule has 0 saturated carbocycles. The lowest BCUT2D eigenvalue weighted by atomic mass is 9.71. The van der Waals surface area contributed by atoms with Gasteiger partial charge in [-0.3, -0.25) is 4.90 Å². The molecule has 1 aromatic heterocycles. The third-order valence-corrected chi connectivity index (χ3v) is 7.43. The van der Waals surface area contributed by atoms with Crippen LogP contribution >= 0.6 is 0 Å². The molecule has 3 aliphatic heterocycles. The summed E-state index contributed by atoms with van der Waals surface area (Å²) in [6.07, 6.45) is -1.45. The fourth-order valence-electron chi connectivity index (χ4n) is 5.37. The summed E-state index contributed by atoms with van der Waals surface area (Å²) in [6.45, 7) is 9.95. The first kappa shape index (κ1) is 33.8. The maximum absolute atomic E-state index is 10.6. The minimum atomic E-state index is -5.08. The van der Waals surface area contributed by atoms with E-state index in [4.69, 9.17) is 33.7 Å². The summed E-state index contributed by atoms with van der Waals surface area (Å²) in [5.74, 6) is -4.01. The number of hydrogen-bond donors (Lipinski definition) is 2. The first-order valence-electron chi connectivity index (χ1n) is 12.8. The van der Waals surface area contributed by atoms with Gasteiger partial charge in [0.1, 0.15) is 0 Å². The zero-order chi connectivity index (χ0) is 30.0. The van der Waals surface area contributed by atoms with Crippen LogP contribution in [0.2, 0.25) is 0 Å². The number of carboxylic acids is 2. The minimum absolute atomic E-state index is 0.452. The second-order valence-corrected chi connectivity index (χ2v) is 10.3. The third-order valence-electron chi connectivity index (χ3n) is 7.43. The second kappa shape index (κ2) is 15.0. The number of ether oxygens (including phenoxy) is 2. The highest BCUT2D eigenvalue weighted by atomic mass is 19.4. The molecule has 0 aliphatic carbocycles. The smallest absolute Gasteiger partial charge is 0.475 e. The van der Waals surface area contributed by atoms with Crippen molar-refractivity contribution in [3.63, 3.8) is 0 Å². The summed E-state index contributed by atoms with van der Waals surface area (Å²) in [6, 6.07) is 2.09. The first-order valence-corrected chi connectivity index (χ1v) is 12.8. The monoisotopic (exact) mass is 590 g/mol. The molecule has 9 nitrogen and oxygen atoms in total. The fraction of sp³-hybridized carbons (Fsp3) is 0.760. The lowest BCUT2D eigenvalue weighted by molar-refractivity contribution is -0.193. The van der Waals surface area contributed by atoms with E-state index in [1.54, 1.807) is 6.26 Å². The molecular weight excluding hydrogens is 554 g/mol. The average Bonchev–Trinajstić information content (AvgIpc) is 3.49. The van der Waals surface area contributed by atoms with E-state index in [-0.39, 0.29) is 0 Å². The highest BCUT2D eigenvalue weighted by Gasteiger charge is 2.48. The Morgan fingerprint density at radius 3 is 2.02 bits per heavy atom. The molecule has 3 saturated heterocycles. The molecule has 230 valence electrons. The van der Waals surface area contributed by atoms with Crippen molar-refractivity contribution in [1.82, 2.24) is 9.80 Å². The van der Waals surface area contributed by atoms with Gasteiger partial charge in [0.25, 0.3) is 0 Å². The SMILES string of the molecule is COCC1CN(CC2CCOCC2)CC12CCN(Cc1ccoc1)CC2.O=C(O)C(F)(F)F.O=C(O)C(F)(F)F. The van der Waals surface area contributed by atoms with E-state index in [1.165, 1.54) is 64.0 Å². The number of piperidine rings is 1. The molecule has 1 atom stereocenters. The number of nitrogens with zero attached hydrogens (tertiary/aromatic N) is 2. The number of aliphatic carboxylic acids is 2. The number of hydrogen-bond acceptors (Lipinski definition) is 7. The zero-order valence-electron chi connectivity index (χ0n) is 22.2. The quantitative estimate of drug-likeness (QED) is 0.473. The van der Waals surface area contributed by atoms with Crippen LogP contribution in [0.5, 0.6) is 0 Å². The lowest BCUT2D eigenvalue weighted by Crippen LogP contribution is -2.45. The maximum atomic E-state index is 10.6. The van der Waals surface area contributed by atoms with Crippen LogP contribution in [0.3, 0.4) is 0 Å². The van der Waals surface area contributed by atoms with E-state index in [2.05, 4.69) is 15.9 Å². The number of carbonyl (C=O) groups is 2. The summed E-state index contributed by atoms with van der Waals surface area (Å²) in [5, 5.41) is 14.2. The normalized spacial score (nSPS) is 22.2. The van der Waals surface area contributed by atoms with Gasteiger partial charge in [0.05, 0.1) is 19.1 Å². The fourth-order valence-corrected chi connectivity index (χ4v) is 5.37. The summed E-state index contributed by atoms with van der Waals surface area (Å²) in [5.41, 5.74) is 1.75. The van der Waals surface area contributed by atoms with Gasteiger partial charge in [0.15, 0.2) is 0 Å². The molecule has 15 heteroatoms. The first-order chi connectivity index (χ1) is 18.7. The van der Waals surface area contributed by atoms with Gasteiger partial charge in [-0.1, -0.05) is 0 Å². The van der Waals surface area contributed by atoms with Crippen molar-refractivity contribution in [1.29, 1.82) is 0 Å². The second-order valence-electron chi connectivity index (χ2n) is 10.3. The van der Waals surface area contributed by atoms with Gasteiger partial charge in [0, 0.05) is 58.0 Å². The number of likely N-dealkylation sites (tertiary alicyclic amines) is 2. The Morgan fingerprint density at radius 2 is 1.57 bits per heavy atom. The van der Waals surface area contributed by atoms with Gasteiger partial charge in [-0.25, -0.2) is 9.59 Å². The standard InChI is InChI=1S/C21H34N2O3.2C2HF3O2/c1-24-16-20-14-23(12-18-2-9-25-10-3-18)17-21(20)5-7-22(8-6-21)13-19-4-11-26-15-19;2*3-2(4,5)1(6)7/h4,11,15,18,20H,2-3,5-10,12-14,16-17H2,1H3;2*(H,6,7). The van der Waals surface area contributed by atoms with E-state index in [0.29, 0.717) is 11.3 Å². The Balaban J connectivity index is 0.000000333. The molecule has 4 heterocycles. The van der Waals surface area contributed by atoms with Crippen LogP contribution in [-0.2, 0) is 25.6 Å². The van der Waals surface area contributed by atoms with Crippen molar-refractivity contribution in [3.8, 4) is 0 Å². The van der Waals surface area contributed by atoms with E-state index in [1.807, 2.05) is 13.4 Å². The predicted molar refractivity (Wildman–Crippen MR) is 128 cm³/mol. The van der Waals surface area contributed by atoms with Crippen molar-refractivity contribution in [3.05, 3.63) is 24.2 Å². The van der Waals surface area contributed by atoms with E-state index < -0.39 is 24.3 Å². The van der Waals surface area contributed by atoms with Crippen LogP contribution in [0, 0.1) is 17.3 Å². The molecule has 0 amide bonds. The highest BCUT2D eigenvalue weighted by Crippen LogP contribution is 2.45. The van der Waals surface area contributed by atoms with Crippen molar-refractivity contribution in [2.45, 2.75) is 44.6 Å². The summed E-state index contributed by atoms with van der Waals surface area (Å²) < 4.78 is 79.9. The Morgan fingerprint density at radius 1 is 1.02 bits per heavy atom. The Bertz CT molecular complexity index is 872. The molecule has 2 N–H and O–H groups in total. The van der Waals surface area contributed by atoms with E-state index in [0.717, 1.165) is 32.3 Å². The zero-order valence-corrected chi connectivity index (χ0v) is 22.2. The van der Waals surface area contributed by atoms with Crippen LogP contribution in [-0.4, -0.2) is 104 Å². The molecule has 1 spiro atoms. The number of halogens is 6. The molecule has 4 rings (SSSR count). The average molecular weight is 591 g/mol. The van der Waals surface area contributed by atoms with Crippen molar-refractivity contribution in [2.75, 3.05) is 59.7 Å². The number of alkyl halides is 6. The summed E-state index contributed by atoms with van der Waals surface area (Å²) in [7, 11) is 1.86. The van der Waals surface area contributed by atoms with Gasteiger partial charge in [-0.05, 0) is 56.2 Å². The molecule has 3 fully saturated rings. The third kappa shape index (κ3) is 10.9. The molecule has 40 heavy (non-hydrogen) atoms. The molecule has 1 aromatic rings. The summed E-state index contributed by atoms with van der Waals surface area (Å²) in [4.78, 5) is 23.1. The molecule has 0 aromatic carbocycles. The van der Waals surface area contributed by atoms with Crippen LogP contribution in [0.4, 0.5) is 26.3 Å². The Kier molecular flexibility index (Phi) is 12.7.